The average Bonchev–Trinajstić information content (AvgIpc) is 3.28. The van der Waals surface area contributed by atoms with Crippen molar-refractivity contribution in [3.63, 3.8) is 0 Å². The van der Waals surface area contributed by atoms with Crippen LogP contribution in [0, 0.1) is 0 Å². The fraction of sp³-hybridized carbons (Fsp3) is 0.267. The molecule has 2 aliphatic rings. The van der Waals surface area contributed by atoms with Crippen LogP contribution < -0.4 is 10.1 Å². The van der Waals surface area contributed by atoms with Crippen LogP contribution in [0.1, 0.15) is 36.5 Å². The van der Waals surface area contributed by atoms with Crippen LogP contribution in [0.15, 0.2) is 83.9 Å². The second kappa shape index (κ2) is 13.2. The van der Waals surface area contributed by atoms with Crippen LogP contribution in [-0.4, -0.2) is 51.8 Å². The van der Waals surface area contributed by atoms with Gasteiger partial charge in [0.2, 0.25) is 17.8 Å². The summed E-state index contributed by atoms with van der Waals surface area (Å²) >= 11 is 0. The molecule has 0 aromatic heterocycles. The molecule has 2 N–H and O–H groups in total. The van der Waals surface area contributed by atoms with E-state index in [1.807, 2.05) is 88.7 Å². The summed E-state index contributed by atoms with van der Waals surface area (Å²) in [6.07, 6.45) is 1.04. The number of carboxylic acids is 1. The summed E-state index contributed by atoms with van der Waals surface area (Å²) in [5.74, 6) is 0.607. The summed E-state index contributed by atoms with van der Waals surface area (Å²) in [5, 5.41) is 10.2. The summed E-state index contributed by atoms with van der Waals surface area (Å²) in [6.45, 7) is 3.64. The van der Waals surface area contributed by atoms with Gasteiger partial charge in [0, 0.05) is 38.5 Å². The van der Waals surface area contributed by atoms with E-state index in [2.05, 4.69) is 10.3 Å². The zero-order chi connectivity index (χ0) is 27.6. The molecular formula is C30H32N4O5. The topological polar surface area (TPSA) is 112 Å². The summed E-state index contributed by atoms with van der Waals surface area (Å²) in [4.78, 5) is 42.1. The molecule has 3 aromatic carbocycles. The molecule has 2 amide bonds. The minimum absolute atomic E-state index is 0.0359. The van der Waals surface area contributed by atoms with Crippen molar-refractivity contribution >= 4 is 29.4 Å². The van der Waals surface area contributed by atoms with Gasteiger partial charge in [0.25, 0.3) is 5.97 Å². The molecule has 0 radical (unpaired) electrons. The molecule has 0 saturated carbocycles. The Morgan fingerprint density at radius 2 is 1.59 bits per heavy atom. The number of aliphatic imine (C=N–C) groups is 1. The average molecular weight is 529 g/mol. The Bertz CT molecular complexity index is 1280. The van der Waals surface area contributed by atoms with E-state index in [4.69, 9.17) is 14.6 Å². The lowest BCUT2D eigenvalue weighted by Crippen LogP contribution is -2.32. The predicted molar refractivity (Wildman–Crippen MR) is 147 cm³/mol. The van der Waals surface area contributed by atoms with Crippen LogP contribution in [0.4, 0.5) is 5.69 Å². The van der Waals surface area contributed by atoms with E-state index in [0.717, 1.165) is 35.1 Å². The highest BCUT2D eigenvalue weighted by molar-refractivity contribution is 6.05. The Morgan fingerprint density at radius 3 is 2.21 bits per heavy atom. The molecular weight excluding hydrogens is 496 g/mol. The molecule has 1 saturated heterocycles. The van der Waals surface area contributed by atoms with Gasteiger partial charge >= 0.3 is 0 Å². The van der Waals surface area contributed by atoms with Gasteiger partial charge in [-0.05, 0) is 35.7 Å². The van der Waals surface area contributed by atoms with Gasteiger partial charge in [-0.1, -0.05) is 60.7 Å². The SMILES string of the molecule is CC(=O)O.O=C1CN2Cc3cc(OCCCC(=O)N(Cc4ccccc4)Cc4ccccc4)ccc3N=C2N1. The van der Waals surface area contributed by atoms with E-state index in [-0.39, 0.29) is 11.8 Å². The van der Waals surface area contributed by atoms with E-state index in [9.17, 15) is 9.59 Å². The van der Waals surface area contributed by atoms with Gasteiger partial charge in [0.05, 0.1) is 12.3 Å². The van der Waals surface area contributed by atoms with Gasteiger partial charge in [0.15, 0.2) is 0 Å². The number of benzene rings is 3. The van der Waals surface area contributed by atoms with Crippen molar-refractivity contribution < 1.29 is 24.2 Å². The van der Waals surface area contributed by atoms with Gasteiger partial charge in [-0.2, -0.15) is 0 Å². The maximum atomic E-state index is 13.1. The lowest BCUT2D eigenvalue weighted by molar-refractivity contribution is -0.134. The Kier molecular flexibility index (Phi) is 9.29. The van der Waals surface area contributed by atoms with Crippen molar-refractivity contribution in [1.29, 1.82) is 0 Å². The van der Waals surface area contributed by atoms with Crippen molar-refractivity contribution in [2.75, 3.05) is 13.2 Å². The number of carbonyl (C=O) groups excluding carboxylic acids is 2. The zero-order valence-electron chi connectivity index (χ0n) is 21.9. The first-order chi connectivity index (χ1) is 18.9. The Morgan fingerprint density at radius 1 is 0.974 bits per heavy atom. The number of nitrogens with zero attached hydrogens (tertiary/aromatic N) is 3. The van der Waals surface area contributed by atoms with Crippen molar-refractivity contribution in [3.05, 3.63) is 95.6 Å². The number of guanidine groups is 1. The van der Waals surface area contributed by atoms with Crippen LogP contribution in [0.25, 0.3) is 0 Å². The maximum Gasteiger partial charge on any atom is 0.300 e. The molecule has 5 rings (SSSR count). The molecule has 3 aromatic rings. The minimum atomic E-state index is -0.833. The number of carboxylic acid groups (broad SMARTS) is 1. The number of nitrogens with one attached hydrogen (secondary N) is 1. The van der Waals surface area contributed by atoms with E-state index in [0.29, 0.717) is 51.6 Å². The molecule has 0 aliphatic carbocycles. The number of hydrogen-bond donors (Lipinski definition) is 2. The van der Waals surface area contributed by atoms with Crippen LogP contribution >= 0.6 is 0 Å². The van der Waals surface area contributed by atoms with Crippen molar-refractivity contribution in [2.45, 2.75) is 39.4 Å². The third-order valence-electron chi connectivity index (χ3n) is 6.11. The molecule has 0 unspecified atom stereocenters. The van der Waals surface area contributed by atoms with Crippen molar-refractivity contribution in [1.82, 2.24) is 15.1 Å². The highest BCUT2D eigenvalue weighted by Crippen LogP contribution is 2.30. The van der Waals surface area contributed by atoms with Crippen molar-refractivity contribution in [3.8, 4) is 5.75 Å². The maximum absolute atomic E-state index is 13.1. The smallest absolute Gasteiger partial charge is 0.300 e. The summed E-state index contributed by atoms with van der Waals surface area (Å²) in [6, 6.07) is 25.9. The lowest BCUT2D eigenvalue weighted by atomic mass is 10.1. The lowest BCUT2D eigenvalue weighted by Gasteiger charge is -2.24. The Balaban J connectivity index is 0.000000826. The number of amides is 2. The number of carbonyl (C=O) groups is 3. The predicted octanol–water partition coefficient (Wildman–Crippen LogP) is 4.10. The quantitative estimate of drug-likeness (QED) is 0.405. The number of rotatable bonds is 9. The van der Waals surface area contributed by atoms with Gasteiger partial charge in [-0.25, -0.2) is 4.99 Å². The van der Waals surface area contributed by atoms with E-state index in [1.165, 1.54) is 0 Å². The fourth-order valence-corrected chi connectivity index (χ4v) is 4.34. The van der Waals surface area contributed by atoms with Gasteiger partial charge < -0.3 is 19.6 Å². The monoisotopic (exact) mass is 528 g/mol. The molecule has 0 spiro atoms. The first-order valence-electron chi connectivity index (χ1n) is 12.8. The molecule has 2 aliphatic heterocycles. The van der Waals surface area contributed by atoms with Crippen LogP contribution in [0.3, 0.4) is 0 Å². The number of fused-ring (bicyclic) bond motifs is 2. The molecule has 2 heterocycles. The molecule has 0 bridgehead atoms. The van der Waals surface area contributed by atoms with Crippen LogP contribution in [-0.2, 0) is 34.0 Å². The van der Waals surface area contributed by atoms with Crippen LogP contribution in [0.2, 0.25) is 0 Å². The Labute approximate surface area is 227 Å². The van der Waals surface area contributed by atoms with Crippen LogP contribution in [0.5, 0.6) is 5.75 Å². The van der Waals surface area contributed by atoms with E-state index >= 15 is 0 Å². The minimum Gasteiger partial charge on any atom is -0.494 e. The zero-order valence-corrected chi connectivity index (χ0v) is 21.9. The summed E-state index contributed by atoms with van der Waals surface area (Å²) < 4.78 is 5.95. The highest BCUT2D eigenvalue weighted by atomic mass is 16.5. The highest BCUT2D eigenvalue weighted by Gasteiger charge is 2.29. The van der Waals surface area contributed by atoms with Gasteiger partial charge in [-0.3, -0.25) is 19.7 Å². The molecule has 39 heavy (non-hydrogen) atoms. The molecule has 9 nitrogen and oxygen atoms in total. The molecule has 202 valence electrons. The van der Waals surface area contributed by atoms with E-state index < -0.39 is 5.97 Å². The third-order valence-corrected chi connectivity index (χ3v) is 6.11. The standard InChI is InChI=1S/C28H28N4O3.C2H4O2/c33-26-20-32-19-23-16-24(13-14-25(23)29-28(32)30-26)35-15-7-12-27(34)31(17-21-8-3-1-4-9-21)18-22-10-5-2-6-11-22;1-2(3)4/h1-6,8-11,13-14,16H,7,12,15,17-20H2,(H,29,30,33);1H3,(H,3,4). The second-order valence-electron chi connectivity index (χ2n) is 9.32. The number of ether oxygens (including phenoxy) is 1. The third kappa shape index (κ3) is 8.16. The van der Waals surface area contributed by atoms with Crippen molar-refractivity contribution in [2.24, 2.45) is 4.99 Å². The van der Waals surface area contributed by atoms with Gasteiger partial charge in [0.1, 0.15) is 12.3 Å². The molecule has 0 atom stereocenters. The molecule has 9 heteroatoms. The summed E-state index contributed by atoms with van der Waals surface area (Å²) in [7, 11) is 0. The van der Waals surface area contributed by atoms with Gasteiger partial charge in [-0.15, -0.1) is 0 Å². The number of aliphatic carboxylic acids is 1. The largest absolute Gasteiger partial charge is 0.494 e. The Hall–Kier alpha value is -4.66. The first kappa shape index (κ1) is 27.4. The first-order valence-corrected chi connectivity index (χ1v) is 12.8. The summed E-state index contributed by atoms with van der Waals surface area (Å²) in [5.41, 5.74) is 4.10. The fourth-order valence-electron chi connectivity index (χ4n) is 4.34. The molecule has 1 fully saturated rings. The number of hydrogen-bond acceptors (Lipinski definition) is 6. The normalized spacial score (nSPS) is 13.2. The second-order valence-corrected chi connectivity index (χ2v) is 9.32. The van der Waals surface area contributed by atoms with E-state index in [1.54, 1.807) is 0 Å².